The highest BCUT2D eigenvalue weighted by atomic mass is 32.2. The fourth-order valence-corrected chi connectivity index (χ4v) is 2.88. The van der Waals surface area contributed by atoms with E-state index in [1.165, 1.54) is 0 Å². The van der Waals surface area contributed by atoms with Crippen LogP contribution in [0.4, 0.5) is 24.5 Å². The van der Waals surface area contributed by atoms with Crippen LogP contribution in [0.25, 0.3) is 0 Å². The molecule has 0 saturated carbocycles. The molecule has 1 aliphatic heterocycles. The molecule has 1 atom stereocenters. The van der Waals surface area contributed by atoms with Crippen molar-refractivity contribution in [3.8, 4) is 0 Å². The minimum atomic E-state index is -4.62. The topological polar surface area (TPSA) is 68.1 Å². The van der Waals surface area contributed by atoms with Gasteiger partial charge in [-0.3, -0.25) is 10.1 Å². The van der Waals surface area contributed by atoms with Crippen molar-refractivity contribution in [2.45, 2.75) is 18.6 Å². The predicted molar refractivity (Wildman–Crippen MR) is 65.2 cm³/mol. The Bertz CT molecular complexity index is 489. The smallest absolute Gasteiger partial charge is 0.376 e. The van der Waals surface area contributed by atoms with Crippen LogP contribution in [0.15, 0.2) is 12.3 Å². The number of thioether (sulfide) groups is 1. The first kappa shape index (κ1) is 13.9. The molecule has 104 valence electrons. The van der Waals surface area contributed by atoms with Gasteiger partial charge in [0.25, 0.3) is 0 Å². The molecule has 0 radical (unpaired) electrons. The van der Waals surface area contributed by atoms with Gasteiger partial charge in [0.05, 0.1) is 4.92 Å². The second kappa shape index (κ2) is 5.24. The van der Waals surface area contributed by atoms with E-state index in [0.29, 0.717) is 12.3 Å². The Hall–Kier alpha value is -1.51. The van der Waals surface area contributed by atoms with Crippen LogP contribution < -0.4 is 5.32 Å². The summed E-state index contributed by atoms with van der Waals surface area (Å²) < 4.78 is 37.6. The molecule has 0 aliphatic carbocycles. The number of pyridine rings is 1. The Kier molecular flexibility index (Phi) is 3.83. The number of rotatable bonds is 3. The number of hydrogen-bond acceptors (Lipinski definition) is 5. The lowest BCUT2D eigenvalue weighted by molar-refractivity contribution is -0.384. The van der Waals surface area contributed by atoms with Crippen molar-refractivity contribution in [2.24, 2.45) is 0 Å². The first-order chi connectivity index (χ1) is 8.88. The first-order valence-corrected chi connectivity index (χ1v) is 6.59. The lowest BCUT2D eigenvalue weighted by Crippen LogP contribution is -2.20. The fraction of sp³-hybridized carbons (Fsp3) is 0.500. The summed E-state index contributed by atoms with van der Waals surface area (Å²) in [4.78, 5) is 13.2. The molecule has 0 bridgehead atoms. The minimum absolute atomic E-state index is 0.0489. The van der Waals surface area contributed by atoms with Gasteiger partial charge in [0, 0.05) is 11.8 Å². The van der Waals surface area contributed by atoms with E-state index in [2.05, 4.69) is 10.3 Å². The Morgan fingerprint density at radius 1 is 1.53 bits per heavy atom. The molecule has 19 heavy (non-hydrogen) atoms. The quantitative estimate of drug-likeness (QED) is 0.685. The zero-order valence-electron chi connectivity index (χ0n) is 9.61. The highest BCUT2D eigenvalue weighted by Crippen LogP contribution is 2.34. The van der Waals surface area contributed by atoms with Crippen LogP contribution in [-0.4, -0.2) is 27.5 Å². The molecule has 9 heteroatoms. The number of nitrogens with one attached hydrogen (secondary N) is 1. The van der Waals surface area contributed by atoms with Gasteiger partial charge in [-0.2, -0.15) is 24.9 Å². The third kappa shape index (κ3) is 3.28. The number of nitro groups is 1. The molecule has 2 rings (SSSR count). The summed E-state index contributed by atoms with van der Waals surface area (Å²) in [6, 6.07) is 0.647. The van der Waals surface area contributed by atoms with Gasteiger partial charge in [0.1, 0.15) is 17.6 Å². The molecule has 0 spiro atoms. The lowest BCUT2D eigenvalue weighted by atomic mass is 10.2. The van der Waals surface area contributed by atoms with E-state index in [1.807, 2.05) is 0 Å². The van der Waals surface area contributed by atoms with Crippen molar-refractivity contribution >= 4 is 23.1 Å². The van der Waals surface area contributed by atoms with Crippen molar-refractivity contribution in [1.29, 1.82) is 0 Å². The largest absolute Gasteiger partial charge is 0.433 e. The van der Waals surface area contributed by atoms with Crippen molar-refractivity contribution in [3.63, 3.8) is 0 Å². The monoisotopic (exact) mass is 293 g/mol. The zero-order valence-corrected chi connectivity index (χ0v) is 10.4. The molecule has 0 amide bonds. The third-order valence-electron chi connectivity index (χ3n) is 2.66. The molecule has 1 saturated heterocycles. The standard InChI is InChI=1S/C10H10F3N3O2S/c11-10(12,13)9-3-7(8(4-14-9)16(17)18)15-6-1-2-19-5-6/h3-4,6H,1-2,5H2,(H,14,15). The lowest BCUT2D eigenvalue weighted by Gasteiger charge is -2.14. The van der Waals surface area contributed by atoms with Gasteiger partial charge in [0.2, 0.25) is 0 Å². The fourth-order valence-electron chi connectivity index (χ4n) is 1.73. The van der Waals surface area contributed by atoms with E-state index >= 15 is 0 Å². The SMILES string of the molecule is O=[N+]([O-])c1cnc(C(F)(F)F)cc1NC1CCSC1. The van der Waals surface area contributed by atoms with Crippen LogP contribution in [0, 0.1) is 10.1 Å². The summed E-state index contributed by atoms with van der Waals surface area (Å²) in [6.45, 7) is 0. The van der Waals surface area contributed by atoms with Gasteiger partial charge in [-0.25, -0.2) is 4.98 Å². The maximum Gasteiger partial charge on any atom is 0.433 e. The maximum absolute atomic E-state index is 12.5. The summed E-state index contributed by atoms with van der Waals surface area (Å²) >= 11 is 1.66. The van der Waals surface area contributed by atoms with Crippen molar-refractivity contribution in [3.05, 3.63) is 28.1 Å². The Morgan fingerprint density at radius 2 is 2.26 bits per heavy atom. The van der Waals surface area contributed by atoms with Crippen molar-refractivity contribution < 1.29 is 18.1 Å². The summed E-state index contributed by atoms with van der Waals surface area (Å²) in [7, 11) is 0. The van der Waals surface area contributed by atoms with Crippen LogP contribution in [0.1, 0.15) is 12.1 Å². The molecule has 1 N–H and O–H groups in total. The van der Waals surface area contributed by atoms with Crippen molar-refractivity contribution in [2.75, 3.05) is 16.8 Å². The predicted octanol–water partition coefficient (Wildman–Crippen LogP) is 2.93. The highest BCUT2D eigenvalue weighted by Gasteiger charge is 2.34. The molecule has 5 nitrogen and oxygen atoms in total. The van der Waals surface area contributed by atoms with Crippen LogP contribution >= 0.6 is 11.8 Å². The van der Waals surface area contributed by atoms with E-state index in [4.69, 9.17) is 0 Å². The zero-order chi connectivity index (χ0) is 14.0. The number of halogens is 3. The Morgan fingerprint density at radius 3 is 2.79 bits per heavy atom. The van der Waals surface area contributed by atoms with Gasteiger partial charge in [0.15, 0.2) is 0 Å². The Labute approximate surface area is 110 Å². The van der Waals surface area contributed by atoms with Gasteiger partial charge in [-0.1, -0.05) is 0 Å². The normalized spacial score (nSPS) is 19.4. The second-order valence-electron chi connectivity index (χ2n) is 4.05. The van der Waals surface area contributed by atoms with E-state index < -0.39 is 22.5 Å². The van der Waals surface area contributed by atoms with Gasteiger partial charge in [-0.15, -0.1) is 0 Å². The van der Waals surface area contributed by atoms with E-state index in [0.717, 1.165) is 17.9 Å². The van der Waals surface area contributed by atoms with Crippen LogP contribution in [0.2, 0.25) is 0 Å². The Balaban J connectivity index is 2.32. The van der Waals surface area contributed by atoms with Gasteiger partial charge < -0.3 is 5.32 Å². The van der Waals surface area contributed by atoms with E-state index in [1.54, 1.807) is 11.8 Å². The molecule has 0 aromatic carbocycles. The molecule has 1 fully saturated rings. The summed E-state index contributed by atoms with van der Waals surface area (Å²) in [5.74, 6) is 1.61. The van der Waals surface area contributed by atoms with E-state index in [-0.39, 0.29) is 11.7 Å². The number of hydrogen-bond donors (Lipinski definition) is 1. The summed E-state index contributed by atoms with van der Waals surface area (Å²) in [5.41, 5.74) is -1.70. The number of alkyl halides is 3. The highest BCUT2D eigenvalue weighted by molar-refractivity contribution is 7.99. The molecule has 1 unspecified atom stereocenters. The van der Waals surface area contributed by atoms with Crippen LogP contribution in [0.5, 0.6) is 0 Å². The molecule has 1 aromatic heterocycles. The number of aromatic nitrogens is 1. The average molecular weight is 293 g/mol. The molecular formula is C10H10F3N3O2S. The first-order valence-electron chi connectivity index (χ1n) is 5.44. The minimum Gasteiger partial charge on any atom is -0.376 e. The van der Waals surface area contributed by atoms with Gasteiger partial charge in [-0.05, 0) is 18.2 Å². The summed E-state index contributed by atoms with van der Waals surface area (Å²) in [6.07, 6.45) is -3.20. The molecule has 1 aromatic rings. The average Bonchev–Trinajstić information content (AvgIpc) is 2.80. The van der Waals surface area contributed by atoms with Gasteiger partial charge >= 0.3 is 11.9 Å². The van der Waals surface area contributed by atoms with E-state index in [9.17, 15) is 23.3 Å². The summed E-state index contributed by atoms with van der Waals surface area (Å²) in [5, 5.41) is 13.6. The van der Waals surface area contributed by atoms with Crippen LogP contribution in [0.3, 0.4) is 0 Å². The molecule has 2 heterocycles. The number of anilines is 1. The van der Waals surface area contributed by atoms with Crippen LogP contribution in [-0.2, 0) is 6.18 Å². The van der Waals surface area contributed by atoms with Crippen molar-refractivity contribution in [1.82, 2.24) is 4.98 Å². The third-order valence-corrected chi connectivity index (χ3v) is 3.82. The second-order valence-corrected chi connectivity index (χ2v) is 5.20. The molecule has 1 aliphatic rings. The maximum atomic E-state index is 12.5. The molecular weight excluding hydrogens is 283 g/mol. The number of nitrogens with zero attached hydrogens (tertiary/aromatic N) is 2.